The van der Waals surface area contributed by atoms with Crippen molar-refractivity contribution in [1.29, 1.82) is 0 Å². The Kier molecular flexibility index (Phi) is 8.53. The van der Waals surface area contributed by atoms with E-state index in [9.17, 15) is 14.4 Å². The Morgan fingerprint density at radius 2 is 1.69 bits per heavy atom. The fourth-order valence-electron chi connectivity index (χ4n) is 3.47. The van der Waals surface area contributed by atoms with Crippen molar-refractivity contribution >= 4 is 23.4 Å². The summed E-state index contributed by atoms with van der Waals surface area (Å²) in [6.07, 6.45) is 8.24. The standard InChI is InChI=1S/C20H30N4O5/c21-16(19(26)27)5-1-3-8-23-10-7-14-11-15(25)12-24(18(14)13-23)9-4-2-6-17(22)20(28)29/h7,10,13,16-17H,1-6,8-9,11-12,21-22H2,(H-,26,27,28,29)/p+1/t16-,17+/m1/s1. The van der Waals surface area contributed by atoms with Gasteiger partial charge in [0, 0.05) is 25.5 Å². The molecule has 160 valence electrons. The number of fused-ring (bicyclic) bond motifs is 1. The number of Topliss-reactive ketones (excluding diaryl/α,β-unsaturated/α-hetero) is 1. The largest absolute Gasteiger partial charge is 0.480 e. The van der Waals surface area contributed by atoms with Crippen LogP contribution in [0.5, 0.6) is 0 Å². The molecule has 0 saturated heterocycles. The van der Waals surface area contributed by atoms with Crippen LogP contribution in [0.1, 0.15) is 44.1 Å². The molecule has 2 atom stereocenters. The Hall–Kier alpha value is -2.52. The zero-order valence-electron chi connectivity index (χ0n) is 16.6. The Bertz CT molecular complexity index is 740. The minimum absolute atomic E-state index is 0.167. The number of carbonyl (C=O) groups excluding carboxylic acids is 1. The zero-order chi connectivity index (χ0) is 21.4. The number of carboxylic acid groups (broad SMARTS) is 2. The highest BCUT2D eigenvalue weighted by molar-refractivity contribution is 5.89. The number of nitrogens with zero attached hydrogens (tertiary/aromatic N) is 2. The number of rotatable bonds is 12. The lowest BCUT2D eigenvalue weighted by Crippen LogP contribution is -2.41. The second-order valence-electron chi connectivity index (χ2n) is 7.61. The lowest BCUT2D eigenvalue weighted by molar-refractivity contribution is -0.696. The van der Waals surface area contributed by atoms with Gasteiger partial charge >= 0.3 is 11.9 Å². The predicted octanol–water partition coefficient (Wildman–Crippen LogP) is 0.0701. The number of carboxylic acids is 2. The maximum absolute atomic E-state index is 12.1. The highest BCUT2D eigenvalue weighted by Crippen LogP contribution is 2.24. The minimum Gasteiger partial charge on any atom is -0.480 e. The number of carbonyl (C=O) groups is 3. The van der Waals surface area contributed by atoms with Crippen LogP contribution in [0.15, 0.2) is 18.5 Å². The van der Waals surface area contributed by atoms with E-state index in [2.05, 4.69) is 0 Å². The van der Waals surface area contributed by atoms with Gasteiger partial charge in [0.2, 0.25) is 0 Å². The van der Waals surface area contributed by atoms with Crippen molar-refractivity contribution in [2.24, 2.45) is 11.5 Å². The monoisotopic (exact) mass is 407 g/mol. The van der Waals surface area contributed by atoms with Gasteiger partial charge in [-0.05, 0) is 37.7 Å². The summed E-state index contributed by atoms with van der Waals surface area (Å²) in [5.74, 6) is -1.80. The molecule has 2 heterocycles. The molecule has 0 aliphatic carbocycles. The predicted molar refractivity (Wildman–Crippen MR) is 106 cm³/mol. The van der Waals surface area contributed by atoms with E-state index in [1.807, 2.05) is 27.9 Å². The lowest BCUT2D eigenvalue weighted by atomic mass is 10.0. The molecule has 0 amide bonds. The molecule has 1 aliphatic rings. The Labute approximate surface area is 170 Å². The van der Waals surface area contributed by atoms with E-state index in [0.29, 0.717) is 38.8 Å². The van der Waals surface area contributed by atoms with Crippen molar-refractivity contribution in [1.82, 2.24) is 0 Å². The Morgan fingerprint density at radius 1 is 1.07 bits per heavy atom. The van der Waals surface area contributed by atoms with Crippen molar-refractivity contribution in [3.8, 4) is 0 Å². The van der Waals surface area contributed by atoms with Crippen LogP contribution in [-0.4, -0.2) is 53.1 Å². The van der Waals surface area contributed by atoms with Crippen molar-refractivity contribution in [2.75, 3.05) is 18.0 Å². The number of nitrogens with two attached hydrogens (primary N) is 2. The second kappa shape index (κ2) is 10.9. The van der Waals surface area contributed by atoms with Gasteiger partial charge < -0.3 is 26.6 Å². The number of aromatic nitrogens is 1. The van der Waals surface area contributed by atoms with Crippen molar-refractivity contribution in [2.45, 2.75) is 63.6 Å². The van der Waals surface area contributed by atoms with Gasteiger partial charge in [-0.25, -0.2) is 4.57 Å². The molecule has 1 aromatic heterocycles. The lowest BCUT2D eigenvalue weighted by Gasteiger charge is -2.29. The van der Waals surface area contributed by atoms with Crippen molar-refractivity contribution < 1.29 is 29.2 Å². The number of ketones is 1. The third kappa shape index (κ3) is 7.10. The molecule has 0 fully saturated rings. The van der Waals surface area contributed by atoms with Crippen molar-refractivity contribution in [3.05, 3.63) is 24.0 Å². The van der Waals surface area contributed by atoms with Gasteiger partial charge in [0.15, 0.2) is 18.2 Å². The topological polar surface area (TPSA) is 151 Å². The van der Waals surface area contributed by atoms with Crippen LogP contribution in [0.3, 0.4) is 0 Å². The number of hydrogen-bond acceptors (Lipinski definition) is 6. The van der Waals surface area contributed by atoms with E-state index in [-0.39, 0.29) is 5.78 Å². The van der Waals surface area contributed by atoms with Gasteiger partial charge in [0.05, 0.1) is 6.54 Å². The van der Waals surface area contributed by atoms with Crippen LogP contribution in [0.4, 0.5) is 5.69 Å². The third-order valence-electron chi connectivity index (χ3n) is 5.19. The summed E-state index contributed by atoms with van der Waals surface area (Å²) in [6, 6.07) is 0.295. The van der Waals surface area contributed by atoms with Crippen LogP contribution < -0.4 is 20.9 Å². The molecular formula is C20H31N4O5+. The fraction of sp³-hybridized carbons (Fsp3) is 0.600. The van der Waals surface area contributed by atoms with Gasteiger partial charge in [-0.3, -0.25) is 14.4 Å². The summed E-state index contributed by atoms with van der Waals surface area (Å²) in [6.45, 7) is 1.77. The SMILES string of the molecule is N[C@H](CCCC[n+]1ccc2c(c1)N(CCCC[C@H](N)C(=O)O)CC(=O)C2)C(=O)O. The third-order valence-corrected chi connectivity index (χ3v) is 5.19. The van der Waals surface area contributed by atoms with E-state index in [4.69, 9.17) is 21.7 Å². The number of hydrogen-bond donors (Lipinski definition) is 4. The highest BCUT2D eigenvalue weighted by Gasteiger charge is 2.25. The molecule has 0 unspecified atom stereocenters. The second-order valence-corrected chi connectivity index (χ2v) is 7.61. The first-order chi connectivity index (χ1) is 13.8. The molecule has 29 heavy (non-hydrogen) atoms. The van der Waals surface area contributed by atoms with Crippen LogP contribution in [0.25, 0.3) is 0 Å². The molecule has 9 nitrogen and oxygen atoms in total. The molecule has 6 N–H and O–H groups in total. The van der Waals surface area contributed by atoms with Crippen molar-refractivity contribution in [3.63, 3.8) is 0 Å². The van der Waals surface area contributed by atoms with Crippen LogP contribution in [0.2, 0.25) is 0 Å². The zero-order valence-corrected chi connectivity index (χ0v) is 16.6. The first-order valence-electron chi connectivity index (χ1n) is 10.0. The molecule has 0 spiro atoms. The smallest absolute Gasteiger partial charge is 0.320 e. The fourth-order valence-corrected chi connectivity index (χ4v) is 3.47. The molecule has 9 heteroatoms. The first kappa shape index (κ1) is 22.8. The molecule has 0 saturated carbocycles. The molecule has 0 aromatic carbocycles. The van der Waals surface area contributed by atoms with Gasteiger partial charge in [-0.1, -0.05) is 0 Å². The molecule has 1 aromatic rings. The summed E-state index contributed by atoms with van der Waals surface area (Å²) in [7, 11) is 0. The van der Waals surface area contributed by atoms with Gasteiger partial charge in [0.25, 0.3) is 0 Å². The maximum atomic E-state index is 12.1. The van der Waals surface area contributed by atoms with E-state index < -0.39 is 24.0 Å². The summed E-state index contributed by atoms with van der Waals surface area (Å²) >= 11 is 0. The van der Waals surface area contributed by atoms with Crippen LogP contribution in [-0.2, 0) is 27.3 Å². The minimum atomic E-state index is -0.992. The van der Waals surface area contributed by atoms with E-state index in [1.165, 1.54) is 0 Å². The summed E-state index contributed by atoms with van der Waals surface area (Å²) in [4.78, 5) is 35.7. The Balaban J connectivity index is 1.91. The van der Waals surface area contributed by atoms with E-state index in [0.717, 1.165) is 37.1 Å². The summed E-state index contributed by atoms with van der Waals surface area (Å²) in [5.41, 5.74) is 13.1. The van der Waals surface area contributed by atoms with Crippen LogP contribution >= 0.6 is 0 Å². The molecule has 1 aliphatic heterocycles. The maximum Gasteiger partial charge on any atom is 0.320 e. The average Bonchev–Trinajstić information content (AvgIpc) is 2.67. The quantitative estimate of drug-likeness (QED) is 0.281. The molecule has 2 rings (SSSR count). The van der Waals surface area contributed by atoms with Gasteiger partial charge in [-0.2, -0.15) is 0 Å². The molecular weight excluding hydrogens is 376 g/mol. The normalized spacial score (nSPS) is 15.7. The van der Waals surface area contributed by atoms with E-state index in [1.54, 1.807) is 0 Å². The number of anilines is 1. The number of pyridine rings is 1. The molecule has 0 radical (unpaired) electrons. The van der Waals surface area contributed by atoms with Gasteiger partial charge in [0.1, 0.15) is 24.3 Å². The first-order valence-corrected chi connectivity index (χ1v) is 10.0. The number of aryl methyl sites for hydroxylation is 1. The Morgan fingerprint density at radius 3 is 2.31 bits per heavy atom. The average molecular weight is 407 g/mol. The molecule has 0 bridgehead atoms. The number of unbranched alkanes of at least 4 members (excludes halogenated alkanes) is 2. The van der Waals surface area contributed by atoms with Crippen LogP contribution in [0, 0.1) is 0 Å². The summed E-state index contributed by atoms with van der Waals surface area (Å²) in [5, 5.41) is 17.7. The number of aliphatic carboxylic acids is 2. The highest BCUT2D eigenvalue weighted by atomic mass is 16.4. The van der Waals surface area contributed by atoms with E-state index >= 15 is 0 Å². The summed E-state index contributed by atoms with van der Waals surface area (Å²) < 4.78 is 2.05. The van der Waals surface area contributed by atoms with Gasteiger partial charge in [-0.15, -0.1) is 0 Å².